The average Bonchev–Trinajstić information content (AvgIpc) is 2.66. The first-order chi connectivity index (χ1) is 7.54. The molecular weight excluding hydrogens is 212 g/mol. The SMILES string of the molecule is NC1(C(=O)c2c(F)cccc2F)CCCC1. The quantitative estimate of drug-likeness (QED) is 0.785. The second-order valence-corrected chi connectivity index (χ2v) is 4.29. The normalized spacial score (nSPS) is 18.7. The molecule has 2 N–H and O–H groups in total. The second-order valence-electron chi connectivity index (χ2n) is 4.29. The van der Waals surface area contributed by atoms with Gasteiger partial charge in [0.25, 0.3) is 0 Å². The largest absolute Gasteiger partial charge is 0.319 e. The molecule has 0 heterocycles. The van der Waals surface area contributed by atoms with Gasteiger partial charge in [0.05, 0.1) is 11.1 Å². The fraction of sp³-hybridized carbons (Fsp3) is 0.417. The summed E-state index contributed by atoms with van der Waals surface area (Å²) in [6.45, 7) is 0. The summed E-state index contributed by atoms with van der Waals surface area (Å²) >= 11 is 0. The van der Waals surface area contributed by atoms with Crippen molar-refractivity contribution in [3.8, 4) is 0 Å². The van der Waals surface area contributed by atoms with E-state index in [0.717, 1.165) is 25.0 Å². The molecule has 1 aromatic carbocycles. The highest BCUT2D eigenvalue weighted by atomic mass is 19.1. The Hall–Kier alpha value is -1.29. The van der Waals surface area contributed by atoms with E-state index >= 15 is 0 Å². The molecule has 86 valence electrons. The molecule has 1 aliphatic carbocycles. The van der Waals surface area contributed by atoms with E-state index < -0.39 is 28.5 Å². The molecule has 4 heteroatoms. The van der Waals surface area contributed by atoms with Crippen molar-refractivity contribution >= 4 is 5.78 Å². The smallest absolute Gasteiger partial charge is 0.188 e. The van der Waals surface area contributed by atoms with Gasteiger partial charge in [0.15, 0.2) is 5.78 Å². The molecule has 0 unspecified atom stereocenters. The van der Waals surface area contributed by atoms with Crippen molar-refractivity contribution in [1.29, 1.82) is 0 Å². The van der Waals surface area contributed by atoms with E-state index in [9.17, 15) is 13.6 Å². The molecule has 0 radical (unpaired) electrons. The summed E-state index contributed by atoms with van der Waals surface area (Å²) < 4.78 is 26.8. The first-order valence-electron chi connectivity index (χ1n) is 5.32. The van der Waals surface area contributed by atoms with Gasteiger partial charge in [-0.2, -0.15) is 0 Å². The highest BCUT2D eigenvalue weighted by Gasteiger charge is 2.39. The van der Waals surface area contributed by atoms with Crippen LogP contribution in [0.4, 0.5) is 8.78 Å². The molecule has 1 fully saturated rings. The van der Waals surface area contributed by atoms with Crippen molar-refractivity contribution in [2.45, 2.75) is 31.2 Å². The summed E-state index contributed by atoms with van der Waals surface area (Å²) in [6, 6.07) is 3.39. The number of ketones is 1. The molecule has 0 saturated heterocycles. The maximum absolute atomic E-state index is 13.4. The lowest BCUT2D eigenvalue weighted by Gasteiger charge is -2.22. The van der Waals surface area contributed by atoms with Gasteiger partial charge in [-0.1, -0.05) is 18.9 Å². The molecule has 1 aliphatic rings. The summed E-state index contributed by atoms with van der Waals surface area (Å²) in [7, 11) is 0. The van der Waals surface area contributed by atoms with Gasteiger partial charge >= 0.3 is 0 Å². The molecule has 1 aromatic rings. The van der Waals surface area contributed by atoms with Gasteiger partial charge in [-0.15, -0.1) is 0 Å². The first kappa shape index (κ1) is 11.2. The van der Waals surface area contributed by atoms with E-state index in [4.69, 9.17) is 5.73 Å². The number of rotatable bonds is 2. The molecule has 16 heavy (non-hydrogen) atoms. The number of Topliss-reactive ketones (excluding diaryl/α,β-unsaturated/α-hetero) is 1. The summed E-state index contributed by atoms with van der Waals surface area (Å²) in [5.74, 6) is -2.27. The van der Waals surface area contributed by atoms with Crippen LogP contribution in [0.3, 0.4) is 0 Å². The fourth-order valence-electron chi connectivity index (χ4n) is 2.20. The fourth-order valence-corrected chi connectivity index (χ4v) is 2.20. The van der Waals surface area contributed by atoms with E-state index in [-0.39, 0.29) is 0 Å². The van der Waals surface area contributed by atoms with E-state index in [1.165, 1.54) is 6.07 Å². The molecule has 2 rings (SSSR count). The zero-order valence-electron chi connectivity index (χ0n) is 8.80. The summed E-state index contributed by atoms with van der Waals surface area (Å²) in [5, 5.41) is 0. The molecule has 1 saturated carbocycles. The Bertz CT molecular complexity index is 405. The number of carbonyl (C=O) groups excluding carboxylic acids is 1. The van der Waals surface area contributed by atoms with Crippen LogP contribution in [0.2, 0.25) is 0 Å². The zero-order valence-corrected chi connectivity index (χ0v) is 8.80. The van der Waals surface area contributed by atoms with Crippen molar-refractivity contribution in [1.82, 2.24) is 0 Å². The minimum atomic E-state index is -1.08. The lowest BCUT2D eigenvalue weighted by Crippen LogP contribution is -2.45. The predicted molar refractivity (Wildman–Crippen MR) is 56.1 cm³/mol. The van der Waals surface area contributed by atoms with Crippen LogP contribution in [0, 0.1) is 11.6 Å². The zero-order chi connectivity index (χ0) is 11.8. The van der Waals surface area contributed by atoms with Gasteiger partial charge in [-0.3, -0.25) is 4.79 Å². The number of hydrogen-bond donors (Lipinski definition) is 1. The molecule has 0 atom stereocenters. The van der Waals surface area contributed by atoms with Crippen molar-refractivity contribution < 1.29 is 13.6 Å². The summed E-state index contributed by atoms with van der Waals surface area (Å²) in [6.07, 6.45) is 2.66. The van der Waals surface area contributed by atoms with E-state index in [1.54, 1.807) is 0 Å². The lowest BCUT2D eigenvalue weighted by atomic mass is 9.88. The minimum absolute atomic E-state index is 0.494. The van der Waals surface area contributed by atoms with E-state index in [0.29, 0.717) is 12.8 Å². The van der Waals surface area contributed by atoms with Crippen molar-refractivity contribution in [3.05, 3.63) is 35.4 Å². The summed E-state index contributed by atoms with van der Waals surface area (Å²) in [5.41, 5.74) is 4.32. The van der Waals surface area contributed by atoms with Crippen LogP contribution in [-0.4, -0.2) is 11.3 Å². The third kappa shape index (κ3) is 1.73. The Kier molecular flexibility index (Phi) is 2.76. The molecule has 0 amide bonds. The van der Waals surface area contributed by atoms with Gasteiger partial charge in [-0.25, -0.2) is 8.78 Å². The highest BCUT2D eigenvalue weighted by molar-refractivity contribution is 6.03. The van der Waals surface area contributed by atoms with Crippen LogP contribution in [0.5, 0.6) is 0 Å². The number of benzene rings is 1. The standard InChI is InChI=1S/C12H13F2NO/c13-8-4-3-5-9(14)10(8)11(16)12(15)6-1-2-7-12/h3-5H,1-2,6-7,15H2. The Morgan fingerprint density at radius 1 is 1.19 bits per heavy atom. The van der Waals surface area contributed by atoms with Gasteiger partial charge in [0, 0.05) is 0 Å². The van der Waals surface area contributed by atoms with Crippen molar-refractivity contribution in [2.75, 3.05) is 0 Å². The number of carbonyl (C=O) groups is 1. The average molecular weight is 225 g/mol. The number of hydrogen-bond acceptors (Lipinski definition) is 2. The van der Waals surface area contributed by atoms with Crippen LogP contribution in [-0.2, 0) is 0 Å². The predicted octanol–water partition coefficient (Wildman–Crippen LogP) is 2.42. The molecule has 2 nitrogen and oxygen atoms in total. The Balaban J connectivity index is 2.41. The Labute approximate surface area is 92.4 Å². The van der Waals surface area contributed by atoms with Crippen LogP contribution < -0.4 is 5.73 Å². The molecule has 0 spiro atoms. The van der Waals surface area contributed by atoms with Gasteiger partial charge in [0.2, 0.25) is 0 Å². The molecule has 0 aliphatic heterocycles. The van der Waals surface area contributed by atoms with Gasteiger partial charge in [-0.05, 0) is 25.0 Å². The Morgan fingerprint density at radius 2 is 1.69 bits per heavy atom. The third-order valence-corrected chi connectivity index (χ3v) is 3.14. The maximum Gasteiger partial charge on any atom is 0.188 e. The maximum atomic E-state index is 13.4. The van der Waals surface area contributed by atoms with E-state index in [2.05, 4.69) is 0 Å². The van der Waals surface area contributed by atoms with E-state index in [1.807, 2.05) is 0 Å². The molecular formula is C12H13F2NO. The Morgan fingerprint density at radius 3 is 2.19 bits per heavy atom. The van der Waals surface area contributed by atoms with Crippen molar-refractivity contribution in [3.63, 3.8) is 0 Å². The highest BCUT2D eigenvalue weighted by Crippen LogP contribution is 2.31. The number of nitrogens with two attached hydrogens (primary N) is 1. The van der Waals surface area contributed by atoms with Crippen LogP contribution in [0.15, 0.2) is 18.2 Å². The summed E-state index contributed by atoms with van der Waals surface area (Å²) in [4.78, 5) is 12.0. The topological polar surface area (TPSA) is 43.1 Å². The molecule has 0 bridgehead atoms. The second kappa shape index (κ2) is 3.94. The van der Waals surface area contributed by atoms with Crippen LogP contribution >= 0.6 is 0 Å². The van der Waals surface area contributed by atoms with Crippen LogP contribution in [0.1, 0.15) is 36.0 Å². The molecule has 0 aromatic heterocycles. The van der Waals surface area contributed by atoms with Gasteiger partial charge < -0.3 is 5.73 Å². The van der Waals surface area contributed by atoms with Gasteiger partial charge in [0.1, 0.15) is 11.6 Å². The number of halogens is 2. The minimum Gasteiger partial charge on any atom is -0.319 e. The third-order valence-electron chi connectivity index (χ3n) is 3.14. The monoisotopic (exact) mass is 225 g/mol. The lowest BCUT2D eigenvalue weighted by molar-refractivity contribution is 0.0883. The van der Waals surface area contributed by atoms with Crippen LogP contribution in [0.25, 0.3) is 0 Å². The van der Waals surface area contributed by atoms with Crippen molar-refractivity contribution in [2.24, 2.45) is 5.73 Å². The first-order valence-corrected chi connectivity index (χ1v) is 5.32.